The third-order valence-electron chi connectivity index (χ3n) is 3.83. The lowest BCUT2D eigenvalue weighted by Crippen LogP contribution is -2.30. The van der Waals surface area contributed by atoms with Crippen molar-refractivity contribution in [3.05, 3.63) is 24.3 Å². The molecule has 0 atom stereocenters. The number of benzene rings is 1. The van der Waals surface area contributed by atoms with Crippen LogP contribution in [0.2, 0.25) is 0 Å². The number of amides is 2. The molecule has 1 aliphatic rings. The van der Waals surface area contributed by atoms with E-state index < -0.39 is 0 Å². The summed E-state index contributed by atoms with van der Waals surface area (Å²) in [6.45, 7) is 0.450. The van der Waals surface area contributed by atoms with Gasteiger partial charge in [-0.1, -0.05) is 25.3 Å². The molecular formula is C17H25ClN2O2. The minimum Gasteiger partial charge on any atom is -0.490 e. The highest BCUT2D eigenvalue weighted by Gasteiger charge is 2.13. The minimum absolute atomic E-state index is 0.247. The predicted octanol–water partition coefficient (Wildman–Crippen LogP) is 4.54. The third kappa shape index (κ3) is 6.14. The van der Waals surface area contributed by atoms with Crippen molar-refractivity contribution in [3.8, 4) is 5.75 Å². The summed E-state index contributed by atoms with van der Waals surface area (Å²) in [5, 5.41) is 5.46. The fourth-order valence-corrected chi connectivity index (χ4v) is 2.81. The average molecular weight is 325 g/mol. The maximum atomic E-state index is 11.6. The van der Waals surface area contributed by atoms with Crippen LogP contribution in [-0.4, -0.2) is 24.6 Å². The Morgan fingerprint density at radius 3 is 2.64 bits per heavy atom. The molecule has 2 rings (SSSR count). The summed E-state index contributed by atoms with van der Waals surface area (Å²) in [7, 11) is 0. The summed E-state index contributed by atoms with van der Waals surface area (Å²) < 4.78 is 6.10. The number of urea groups is 1. The van der Waals surface area contributed by atoms with E-state index in [0.29, 0.717) is 18.5 Å². The molecule has 4 nitrogen and oxygen atoms in total. The standard InChI is InChI=1S/C17H25ClN2O2/c18-11-12-19-17(21)20-14-7-6-10-16(13-14)22-15-8-4-2-1-3-5-9-15/h6-7,10,13,15H,1-5,8-9,11-12H2,(H2,19,20,21). The maximum Gasteiger partial charge on any atom is 0.319 e. The zero-order valence-electron chi connectivity index (χ0n) is 12.9. The second-order valence-electron chi connectivity index (χ2n) is 5.68. The Balaban J connectivity index is 1.88. The molecule has 1 aromatic rings. The summed E-state index contributed by atoms with van der Waals surface area (Å²) in [5.41, 5.74) is 0.732. The van der Waals surface area contributed by atoms with Crippen molar-refractivity contribution in [1.29, 1.82) is 0 Å². The first-order chi connectivity index (χ1) is 10.8. The van der Waals surface area contributed by atoms with E-state index >= 15 is 0 Å². The van der Waals surface area contributed by atoms with Gasteiger partial charge in [0.25, 0.3) is 0 Å². The molecule has 0 aromatic heterocycles. The molecule has 1 aromatic carbocycles. The van der Waals surface area contributed by atoms with Gasteiger partial charge in [-0.3, -0.25) is 0 Å². The van der Waals surface area contributed by atoms with Crippen LogP contribution in [0.4, 0.5) is 10.5 Å². The first kappa shape index (κ1) is 16.9. The van der Waals surface area contributed by atoms with Gasteiger partial charge in [0.2, 0.25) is 0 Å². The van der Waals surface area contributed by atoms with Crippen LogP contribution in [0.25, 0.3) is 0 Å². The first-order valence-corrected chi connectivity index (χ1v) is 8.69. The fourth-order valence-electron chi connectivity index (χ4n) is 2.71. The second-order valence-corrected chi connectivity index (χ2v) is 6.06. The Kier molecular flexibility index (Phi) is 7.37. The van der Waals surface area contributed by atoms with Crippen LogP contribution in [0.3, 0.4) is 0 Å². The first-order valence-electron chi connectivity index (χ1n) is 8.15. The molecule has 0 radical (unpaired) electrons. The topological polar surface area (TPSA) is 50.4 Å². The summed E-state index contributed by atoms with van der Waals surface area (Å²) in [6, 6.07) is 7.32. The Bertz CT molecular complexity index is 460. The van der Waals surface area contributed by atoms with Crippen LogP contribution in [-0.2, 0) is 0 Å². The summed E-state index contributed by atoms with van der Waals surface area (Å²) in [4.78, 5) is 11.6. The van der Waals surface area contributed by atoms with Crippen molar-refractivity contribution in [3.63, 3.8) is 0 Å². The van der Waals surface area contributed by atoms with Crippen LogP contribution in [0.5, 0.6) is 5.75 Å². The van der Waals surface area contributed by atoms with Crippen LogP contribution in [0.1, 0.15) is 44.9 Å². The van der Waals surface area contributed by atoms with E-state index in [1.54, 1.807) is 0 Å². The fraction of sp³-hybridized carbons (Fsp3) is 0.588. The predicted molar refractivity (Wildman–Crippen MR) is 90.9 cm³/mol. The van der Waals surface area contributed by atoms with Gasteiger partial charge in [-0.05, 0) is 37.8 Å². The Labute approximate surface area is 137 Å². The number of hydrogen-bond donors (Lipinski definition) is 2. The van der Waals surface area contributed by atoms with E-state index in [1.165, 1.54) is 32.1 Å². The summed E-state index contributed by atoms with van der Waals surface area (Å²) in [6.07, 6.45) is 8.98. The van der Waals surface area contributed by atoms with Gasteiger partial charge in [-0.2, -0.15) is 0 Å². The Morgan fingerprint density at radius 1 is 1.18 bits per heavy atom. The number of halogens is 1. The normalized spacial score (nSPS) is 16.4. The van der Waals surface area contributed by atoms with Gasteiger partial charge in [0, 0.05) is 24.2 Å². The number of alkyl halides is 1. The minimum atomic E-state index is -0.247. The molecule has 0 unspecified atom stereocenters. The molecule has 1 saturated carbocycles. The highest BCUT2D eigenvalue weighted by atomic mass is 35.5. The lowest BCUT2D eigenvalue weighted by molar-refractivity contribution is 0.167. The number of hydrogen-bond acceptors (Lipinski definition) is 2. The number of rotatable bonds is 5. The molecule has 0 bridgehead atoms. The quantitative estimate of drug-likeness (QED) is 0.781. The second kappa shape index (κ2) is 9.57. The smallest absolute Gasteiger partial charge is 0.319 e. The SMILES string of the molecule is O=C(NCCCl)Nc1cccc(OC2CCCCCCC2)c1. The van der Waals surface area contributed by atoms with E-state index in [-0.39, 0.29) is 6.03 Å². The molecule has 2 N–H and O–H groups in total. The molecule has 2 amide bonds. The molecule has 0 saturated heterocycles. The van der Waals surface area contributed by atoms with Gasteiger partial charge in [-0.15, -0.1) is 11.6 Å². The highest BCUT2D eigenvalue weighted by molar-refractivity contribution is 6.18. The van der Waals surface area contributed by atoms with Crippen molar-refractivity contribution in [1.82, 2.24) is 5.32 Å². The van der Waals surface area contributed by atoms with Crippen LogP contribution < -0.4 is 15.4 Å². The number of carbonyl (C=O) groups excluding carboxylic acids is 1. The van der Waals surface area contributed by atoms with Crippen molar-refractivity contribution in [2.75, 3.05) is 17.7 Å². The average Bonchev–Trinajstić information content (AvgIpc) is 2.48. The molecule has 122 valence electrons. The monoisotopic (exact) mass is 324 g/mol. The van der Waals surface area contributed by atoms with Crippen molar-refractivity contribution < 1.29 is 9.53 Å². The van der Waals surface area contributed by atoms with Gasteiger partial charge in [0.1, 0.15) is 5.75 Å². The number of nitrogens with one attached hydrogen (secondary N) is 2. The number of carbonyl (C=O) groups is 1. The van der Waals surface area contributed by atoms with Gasteiger partial charge >= 0.3 is 6.03 Å². The van der Waals surface area contributed by atoms with Gasteiger partial charge < -0.3 is 15.4 Å². The van der Waals surface area contributed by atoms with E-state index in [0.717, 1.165) is 24.3 Å². The number of anilines is 1. The number of ether oxygens (including phenoxy) is 1. The Hall–Kier alpha value is -1.42. The van der Waals surface area contributed by atoms with Crippen molar-refractivity contribution in [2.24, 2.45) is 0 Å². The molecule has 0 aliphatic heterocycles. The van der Waals surface area contributed by atoms with E-state index in [4.69, 9.17) is 16.3 Å². The van der Waals surface area contributed by atoms with Crippen molar-refractivity contribution in [2.45, 2.75) is 51.0 Å². The molecule has 0 spiro atoms. The van der Waals surface area contributed by atoms with E-state index in [2.05, 4.69) is 10.6 Å². The molecule has 5 heteroatoms. The lowest BCUT2D eigenvalue weighted by atomic mass is 9.98. The summed E-state index contributed by atoms with van der Waals surface area (Å²) >= 11 is 5.54. The van der Waals surface area contributed by atoms with Crippen LogP contribution in [0, 0.1) is 0 Å². The lowest BCUT2D eigenvalue weighted by Gasteiger charge is -2.21. The van der Waals surface area contributed by atoms with Gasteiger partial charge in [0.15, 0.2) is 0 Å². The highest BCUT2D eigenvalue weighted by Crippen LogP contribution is 2.24. The van der Waals surface area contributed by atoms with Gasteiger partial charge in [0.05, 0.1) is 6.10 Å². The van der Waals surface area contributed by atoms with E-state index in [1.807, 2.05) is 24.3 Å². The zero-order valence-corrected chi connectivity index (χ0v) is 13.7. The molecule has 1 fully saturated rings. The van der Waals surface area contributed by atoms with Crippen LogP contribution >= 0.6 is 11.6 Å². The van der Waals surface area contributed by atoms with Crippen molar-refractivity contribution >= 4 is 23.3 Å². The van der Waals surface area contributed by atoms with Gasteiger partial charge in [-0.25, -0.2) is 4.79 Å². The molecule has 0 heterocycles. The molecule has 22 heavy (non-hydrogen) atoms. The van der Waals surface area contributed by atoms with E-state index in [9.17, 15) is 4.79 Å². The largest absolute Gasteiger partial charge is 0.490 e. The van der Waals surface area contributed by atoms with Crippen LogP contribution in [0.15, 0.2) is 24.3 Å². The Morgan fingerprint density at radius 2 is 1.91 bits per heavy atom. The third-order valence-corrected chi connectivity index (χ3v) is 4.02. The zero-order chi connectivity index (χ0) is 15.6. The molecular weight excluding hydrogens is 300 g/mol. The molecule has 1 aliphatic carbocycles. The summed E-state index contributed by atoms with van der Waals surface area (Å²) in [5.74, 6) is 1.22. The maximum absolute atomic E-state index is 11.6.